The van der Waals surface area contributed by atoms with E-state index in [0.717, 1.165) is 58.8 Å². The van der Waals surface area contributed by atoms with Crippen molar-refractivity contribution in [2.45, 2.75) is 19.3 Å². The van der Waals surface area contributed by atoms with Crippen LogP contribution in [0.4, 0.5) is 4.79 Å². The molecule has 0 aliphatic carbocycles. The van der Waals surface area contributed by atoms with Crippen molar-refractivity contribution in [2.24, 2.45) is 5.92 Å². The highest BCUT2D eigenvalue weighted by Crippen LogP contribution is 2.12. The molecular formula is C12H22N2O3. The van der Waals surface area contributed by atoms with Gasteiger partial charge in [-0.25, -0.2) is 4.79 Å². The number of ether oxygens (including phenoxy) is 2. The molecule has 0 aromatic rings. The fourth-order valence-electron chi connectivity index (χ4n) is 1.97. The monoisotopic (exact) mass is 242 g/mol. The van der Waals surface area contributed by atoms with Crippen LogP contribution in [0.5, 0.6) is 0 Å². The molecule has 2 fully saturated rings. The smallest absolute Gasteiger partial charge is 0.317 e. The van der Waals surface area contributed by atoms with Gasteiger partial charge in [-0.3, -0.25) is 0 Å². The van der Waals surface area contributed by atoms with E-state index in [-0.39, 0.29) is 6.03 Å². The predicted molar refractivity (Wildman–Crippen MR) is 64.0 cm³/mol. The van der Waals surface area contributed by atoms with Gasteiger partial charge in [-0.05, 0) is 19.3 Å². The summed E-state index contributed by atoms with van der Waals surface area (Å²) in [4.78, 5) is 13.3. The third kappa shape index (κ3) is 4.16. The van der Waals surface area contributed by atoms with Gasteiger partial charge in [-0.1, -0.05) is 0 Å². The van der Waals surface area contributed by atoms with E-state index >= 15 is 0 Å². The summed E-state index contributed by atoms with van der Waals surface area (Å²) in [7, 11) is 0. The average molecular weight is 242 g/mol. The van der Waals surface area contributed by atoms with Crippen LogP contribution in [-0.4, -0.2) is 57.0 Å². The van der Waals surface area contributed by atoms with Gasteiger partial charge >= 0.3 is 6.03 Å². The van der Waals surface area contributed by atoms with E-state index < -0.39 is 0 Å². The van der Waals surface area contributed by atoms with Gasteiger partial charge in [0.25, 0.3) is 0 Å². The number of hydrogen-bond donors (Lipinski definition) is 1. The number of carbonyl (C=O) groups is 1. The van der Waals surface area contributed by atoms with E-state index in [1.54, 1.807) is 0 Å². The van der Waals surface area contributed by atoms with Crippen molar-refractivity contribution >= 4 is 6.03 Å². The van der Waals surface area contributed by atoms with Gasteiger partial charge in [0.1, 0.15) is 0 Å². The molecule has 2 saturated heterocycles. The summed E-state index contributed by atoms with van der Waals surface area (Å²) >= 11 is 0. The lowest BCUT2D eigenvalue weighted by molar-refractivity contribution is 0.0881. The molecule has 0 radical (unpaired) electrons. The van der Waals surface area contributed by atoms with Crippen LogP contribution in [0.2, 0.25) is 0 Å². The largest absolute Gasteiger partial charge is 0.381 e. The lowest BCUT2D eigenvalue weighted by Gasteiger charge is -2.30. The number of nitrogens with one attached hydrogen (secondary N) is 1. The maximum atomic E-state index is 11.4. The molecule has 0 aromatic heterocycles. The van der Waals surface area contributed by atoms with Crippen molar-refractivity contribution in [3.63, 3.8) is 0 Å². The van der Waals surface area contributed by atoms with Gasteiger partial charge < -0.3 is 19.7 Å². The molecule has 2 aliphatic heterocycles. The van der Waals surface area contributed by atoms with Crippen molar-refractivity contribution in [2.75, 3.05) is 46.1 Å². The van der Waals surface area contributed by atoms with Crippen LogP contribution in [0.15, 0.2) is 0 Å². The summed E-state index contributed by atoms with van der Waals surface area (Å²) in [6.07, 6.45) is 3.14. The Morgan fingerprint density at radius 1 is 1.47 bits per heavy atom. The molecular weight excluding hydrogens is 220 g/mol. The Morgan fingerprint density at radius 2 is 2.35 bits per heavy atom. The normalized spacial score (nSPS) is 23.5. The first-order chi connectivity index (χ1) is 8.36. The fourth-order valence-corrected chi connectivity index (χ4v) is 1.97. The summed E-state index contributed by atoms with van der Waals surface area (Å²) in [5, 5.41) is 2.90. The number of carbonyl (C=O) groups excluding carboxylic acids is 1. The van der Waals surface area contributed by atoms with Crippen LogP contribution in [0.3, 0.4) is 0 Å². The van der Waals surface area contributed by atoms with Crippen LogP contribution in [0.1, 0.15) is 19.3 Å². The maximum absolute atomic E-state index is 11.4. The summed E-state index contributed by atoms with van der Waals surface area (Å²) in [5.74, 6) is 0.575. The van der Waals surface area contributed by atoms with Gasteiger partial charge in [-0.2, -0.15) is 0 Å². The average Bonchev–Trinajstić information content (AvgIpc) is 2.73. The number of likely N-dealkylation sites (tertiary alicyclic amines) is 1. The zero-order chi connectivity index (χ0) is 11.9. The highest BCUT2D eigenvalue weighted by atomic mass is 16.5. The molecule has 17 heavy (non-hydrogen) atoms. The Balaban J connectivity index is 1.39. The van der Waals surface area contributed by atoms with E-state index in [4.69, 9.17) is 9.47 Å². The van der Waals surface area contributed by atoms with Gasteiger partial charge in [0.15, 0.2) is 0 Å². The van der Waals surface area contributed by atoms with Crippen LogP contribution in [0.25, 0.3) is 0 Å². The third-order valence-electron chi connectivity index (χ3n) is 3.26. The number of urea groups is 1. The summed E-state index contributed by atoms with van der Waals surface area (Å²) in [5.41, 5.74) is 0. The number of nitrogens with zero attached hydrogens (tertiary/aromatic N) is 1. The van der Waals surface area contributed by atoms with Crippen LogP contribution in [0, 0.1) is 5.92 Å². The maximum Gasteiger partial charge on any atom is 0.317 e. The number of rotatable bonds is 6. The molecule has 5 nitrogen and oxygen atoms in total. The van der Waals surface area contributed by atoms with Gasteiger partial charge in [0.05, 0.1) is 13.2 Å². The molecule has 0 aromatic carbocycles. The van der Waals surface area contributed by atoms with Crippen LogP contribution >= 0.6 is 0 Å². The van der Waals surface area contributed by atoms with Crippen molar-refractivity contribution in [1.82, 2.24) is 10.2 Å². The molecule has 2 heterocycles. The van der Waals surface area contributed by atoms with Gasteiger partial charge in [0.2, 0.25) is 0 Å². The topological polar surface area (TPSA) is 50.8 Å². The van der Waals surface area contributed by atoms with Crippen molar-refractivity contribution in [3.05, 3.63) is 0 Å². The predicted octanol–water partition coefficient (Wildman–Crippen LogP) is 0.845. The van der Waals surface area contributed by atoms with E-state index in [2.05, 4.69) is 5.32 Å². The lowest BCUT2D eigenvalue weighted by atomic mass is 10.1. The Bertz CT molecular complexity index is 238. The summed E-state index contributed by atoms with van der Waals surface area (Å²) in [6, 6.07) is 0.0699. The molecule has 98 valence electrons. The number of amides is 2. The minimum atomic E-state index is 0.0699. The summed E-state index contributed by atoms with van der Waals surface area (Å²) in [6.45, 7) is 5.74. The lowest BCUT2D eigenvalue weighted by Crippen LogP contribution is -2.48. The minimum absolute atomic E-state index is 0.0699. The third-order valence-corrected chi connectivity index (χ3v) is 3.26. The standard InChI is InChI=1S/C12H22N2O3/c15-12(14-5-2-6-14)13-4-1-7-16-9-11-3-8-17-10-11/h11H,1-10H2,(H,13,15). The fraction of sp³-hybridized carbons (Fsp3) is 0.917. The van der Waals surface area contributed by atoms with Crippen molar-refractivity contribution in [1.29, 1.82) is 0 Å². The quantitative estimate of drug-likeness (QED) is 0.702. The molecule has 0 spiro atoms. The van der Waals surface area contributed by atoms with Crippen LogP contribution in [-0.2, 0) is 9.47 Å². The van der Waals surface area contributed by atoms with Gasteiger partial charge in [-0.15, -0.1) is 0 Å². The van der Waals surface area contributed by atoms with Gasteiger partial charge in [0, 0.05) is 38.8 Å². The summed E-state index contributed by atoms with van der Waals surface area (Å²) < 4.78 is 10.8. The van der Waals surface area contributed by atoms with Crippen molar-refractivity contribution < 1.29 is 14.3 Å². The zero-order valence-electron chi connectivity index (χ0n) is 10.3. The minimum Gasteiger partial charge on any atom is -0.381 e. The Kier molecular flexibility index (Phi) is 5.07. The molecule has 2 aliphatic rings. The first-order valence-electron chi connectivity index (χ1n) is 6.54. The van der Waals surface area contributed by atoms with E-state index in [9.17, 15) is 4.79 Å². The second-order valence-electron chi connectivity index (χ2n) is 4.73. The molecule has 2 amide bonds. The Hall–Kier alpha value is -0.810. The Labute approximate surface area is 102 Å². The van der Waals surface area contributed by atoms with Crippen molar-refractivity contribution in [3.8, 4) is 0 Å². The molecule has 1 N–H and O–H groups in total. The first-order valence-corrected chi connectivity index (χ1v) is 6.54. The van der Waals surface area contributed by atoms with E-state index in [0.29, 0.717) is 12.5 Å². The first kappa shape index (κ1) is 12.6. The zero-order valence-corrected chi connectivity index (χ0v) is 10.3. The molecule has 1 atom stereocenters. The van der Waals surface area contributed by atoms with E-state index in [1.807, 2.05) is 4.90 Å². The highest BCUT2D eigenvalue weighted by Gasteiger charge is 2.19. The number of hydrogen-bond acceptors (Lipinski definition) is 3. The Morgan fingerprint density at radius 3 is 3.00 bits per heavy atom. The molecule has 1 unspecified atom stereocenters. The second-order valence-corrected chi connectivity index (χ2v) is 4.73. The highest BCUT2D eigenvalue weighted by molar-refractivity contribution is 5.74. The second kappa shape index (κ2) is 6.81. The molecule has 0 saturated carbocycles. The van der Waals surface area contributed by atoms with E-state index in [1.165, 1.54) is 0 Å². The van der Waals surface area contributed by atoms with Crippen LogP contribution < -0.4 is 5.32 Å². The molecule has 0 bridgehead atoms. The molecule has 5 heteroatoms. The molecule has 2 rings (SSSR count). The SMILES string of the molecule is O=C(NCCCOCC1CCOC1)N1CCC1.